The first-order chi connectivity index (χ1) is 13.5. The Hall–Kier alpha value is -2.14. The summed E-state index contributed by atoms with van der Waals surface area (Å²) in [4.78, 5) is 2.35. The number of hydrogen-bond donors (Lipinski definition) is 0. The summed E-state index contributed by atoms with van der Waals surface area (Å²) in [5.74, 6) is 0.621. The lowest BCUT2D eigenvalue weighted by Gasteiger charge is -2.25. The highest BCUT2D eigenvalue weighted by Crippen LogP contribution is 2.15. The monoisotopic (exact) mass is 400 g/mol. The first-order valence-corrected chi connectivity index (χ1v) is 11.7. The Bertz CT molecular complexity index is 838. The van der Waals surface area contributed by atoms with Gasteiger partial charge in [0.25, 0.3) is 10.0 Å². The average Bonchev–Trinajstić information content (AvgIpc) is 2.69. The van der Waals surface area contributed by atoms with E-state index < -0.39 is 10.0 Å². The first kappa shape index (κ1) is 22.2. The molecule has 28 heavy (non-hydrogen) atoms. The Labute approximate surface area is 170 Å². The molecule has 152 valence electrons. The van der Waals surface area contributed by atoms with Gasteiger partial charge in [-0.25, -0.2) is 0 Å². The van der Waals surface area contributed by atoms with Crippen LogP contribution >= 0.6 is 0 Å². The zero-order valence-corrected chi connectivity index (χ0v) is 18.1. The highest BCUT2D eigenvalue weighted by Gasteiger charge is 2.18. The molecule has 2 rings (SSSR count). The predicted molar refractivity (Wildman–Crippen MR) is 117 cm³/mol. The third-order valence-electron chi connectivity index (χ3n) is 4.54. The van der Waals surface area contributed by atoms with Crippen molar-refractivity contribution in [1.29, 1.82) is 0 Å². The van der Waals surface area contributed by atoms with Crippen LogP contribution in [0.25, 0.3) is 0 Å². The molecule has 0 aliphatic rings. The van der Waals surface area contributed by atoms with Crippen molar-refractivity contribution in [2.75, 3.05) is 13.1 Å². The normalized spacial score (nSPS) is 12.2. The van der Waals surface area contributed by atoms with Gasteiger partial charge < -0.3 is 4.90 Å². The zero-order valence-electron chi connectivity index (χ0n) is 17.3. The Kier molecular flexibility index (Phi) is 8.71. The predicted octanol–water partition coefficient (Wildman–Crippen LogP) is 5.09. The third kappa shape index (κ3) is 6.48. The number of amidine groups is 1. The van der Waals surface area contributed by atoms with E-state index in [-0.39, 0.29) is 4.90 Å². The fraction of sp³-hybridized carbons (Fsp3) is 0.435. The van der Waals surface area contributed by atoms with Crippen LogP contribution in [-0.2, 0) is 22.9 Å². The smallest absolute Gasteiger partial charge is 0.283 e. The minimum Gasteiger partial charge on any atom is -0.359 e. The van der Waals surface area contributed by atoms with Crippen LogP contribution in [0, 0.1) is 0 Å². The molecule has 0 saturated heterocycles. The maximum Gasteiger partial charge on any atom is 0.283 e. The van der Waals surface area contributed by atoms with E-state index in [1.165, 1.54) is 5.56 Å². The van der Waals surface area contributed by atoms with E-state index in [0.29, 0.717) is 12.3 Å². The molecule has 0 bridgehead atoms. The van der Waals surface area contributed by atoms with Crippen LogP contribution in [0.15, 0.2) is 63.9 Å². The molecular weight excluding hydrogens is 368 g/mol. The number of benzene rings is 2. The second-order valence-electron chi connectivity index (χ2n) is 7.03. The maximum atomic E-state index is 12.9. The Morgan fingerprint density at radius 1 is 0.821 bits per heavy atom. The fourth-order valence-corrected chi connectivity index (χ4v) is 4.25. The van der Waals surface area contributed by atoms with Crippen LogP contribution in [0.1, 0.15) is 51.2 Å². The van der Waals surface area contributed by atoms with Gasteiger partial charge in [-0.2, -0.15) is 8.42 Å². The molecule has 0 amide bonds. The molecule has 0 spiro atoms. The molecule has 0 fully saturated rings. The van der Waals surface area contributed by atoms with Gasteiger partial charge in [-0.1, -0.05) is 69.7 Å². The van der Waals surface area contributed by atoms with E-state index in [4.69, 9.17) is 0 Å². The van der Waals surface area contributed by atoms with E-state index in [1.807, 2.05) is 6.07 Å². The van der Waals surface area contributed by atoms with Crippen molar-refractivity contribution >= 4 is 15.9 Å². The highest BCUT2D eigenvalue weighted by molar-refractivity contribution is 7.90. The van der Waals surface area contributed by atoms with Crippen LogP contribution in [0.2, 0.25) is 0 Å². The van der Waals surface area contributed by atoms with Crippen LogP contribution < -0.4 is 0 Å². The van der Waals surface area contributed by atoms with Crippen molar-refractivity contribution in [1.82, 2.24) is 4.90 Å². The van der Waals surface area contributed by atoms with Gasteiger partial charge in [-0.3, -0.25) is 0 Å². The Morgan fingerprint density at radius 2 is 1.39 bits per heavy atom. The van der Waals surface area contributed by atoms with E-state index in [1.54, 1.807) is 24.3 Å². The van der Waals surface area contributed by atoms with Gasteiger partial charge in [0.15, 0.2) is 0 Å². The van der Waals surface area contributed by atoms with Crippen molar-refractivity contribution in [3.63, 3.8) is 0 Å². The van der Waals surface area contributed by atoms with Crippen molar-refractivity contribution in [2.45, 2.75) is 57.8 Å². The van der Waals surface area contributed by atoms with Gasteiger partial charge >= 0.3 is 0 Å². The summed E-state index contributed by atoms with van der Waals surface area (Å²) in [6, 6.07) is 16.9. The molecule has 2 aromatic rings. The molecule has 2 aromatic carbocycles. The van der Waals surface area contributed by atoms with Crippen molar-refractivity contribution < 1.29 is 8.42 Å². The fourth-order valence-electron chi connectivity index (χ4n) is 3.19. The van der Waals surface area contributed by atoms with Crippen molar-refractivity contribution in [3.8, 4) is 0 Å². The zero-order chi connectivity index (χ0) is 20.4. The minimum absolute atomic E-state index is 0.235. The number of rotatable bonds is 10. The second-order valence-corrected chi connectivity index (χ2v) is 8.63. The summed E-state index contributed by atoms with van der Waals surface area (Å²) in [5.41, 5.74) is 2.39. The molecule has 0 N–H and O–H groups in total. The lowest BCUT2D eigenvalue weighted by Crippen LogP contribution is -2.34. The van der Waals surface area contributed by atoms with E-state index in [2.05, 4.69) is 54.3 Å². The average molecular weight is 401 g/mol. The van der Waals surface area contributed by atoms with Crippen LogP contribution in [-0.4, -0.2) is 32.2 Å². The lowest BCUT2D eigenvalue weighted by molar-refractivity contribution is 0.411. The molecule has 0 heterocycles. The molecule has 0 aromatic heterocycles. The van der Waals surface area contributed by atoms with E-state index in [0.717, 1.165) is 44.3 Å². The lowest BCUT2D eigenvalue weighted by atomic mass is 10.1. The molecule has 0 aliphatic carbocycles. The van der Waals surface area contributed by atoms with E-state index >= 15 is 0 Å². The minimum atomic E-state index is -3.73. The van der Waals surface area contributed by atoms with Gasteiger partial charge in [0.05, 0.1) is 4.90 Å². The summed E-state index contributed by atoms with van der Waals surface area (Å²) in [7, 11) is -3.73. The summed E-state index contributed by atoms with van der Waals surface area (Å²) in [6.07, 6.45) is 4.57. The van der Waals surface area contributed by atoms with Gasteiger partial charge in [0, 0.05) is 19.5 Å². The Balaban J connectivity index is 2.38. The summed E-state index contributed by atoms with van der Waals surface area (Å²) in [6.45, 7) is 7.97. The van der Waals surface area contributed by atoms with Gasteiger partial charge in [0.1, 0.15) is 5.84 Å². The molecule has 0 radical (unpaired) electrons. The van der Waals surface area contributed by atoms with Gasteiger partial charge in [0.2, 0.25) is 0 Å². The van der Waals surface area contributed by atoms with Crippen molar-refractivity contribution in [2.24, 2.45) is 4.40 Å². The second kappa shape index (κ2) is 11.0. The topological polar surface area (TPSA) is 49.7 Å². The quantitative estimate of drug-likeness (QED) is 0.412. The van der Waals surface area contributed by atoms with E-state index in [9.17, 15) is 8.42 Å². The standard InChI is InChI=1S/C23H32N2O2S/c1-4-10-20-13-15-21(16-14-20)19-23(25(17-5-2)18-6-3)24-28(26,27)22-11-8-7-9-12-22/h7-9,11-16H,4-6,10,17-19H2,1-3H3/b24-23-. The summed E-state index contributed by atoms with van der Waals surface area (Å²) < 4.78 is 30.0. The summed E-state index contributed by atoms with van der Waals surface area (Å²) in [5, 5.41) is 0. The number of hydrogen-bond acceptors (Lipinski definition) is 2. The molecule has 0 saturated carbocycles. The van der Waals surface area contributed by atoms with Crippen molar-refractivity contribution in [3.05, 3.63) is 65.7 Å². The summed E-state index contributed by atoms with van der Waals surface area (Å²) >= 11 is 0. The SMILES string of the molecule is CCCc1ccc(C/C(=N/S(=O)(=O)c2ccccc2)N(CCC)CCC)cc1. The molecule has 5 heteroatoms. The third-order valence-corrected chi connectivity index (χ3v) is 5.86. The largest absolute Gasteiger partial charge is 0.359 e. The first-order valence-electron chi connectivity index (χ1n) is 10.2. The van der Waals surface area contributed by atoms with Gasteiger partial charge in [-0.05, 0) is 42.5 Å². The molecule has 4 nitrogen and oxygen atoms in total. The molecular formula is C23H32N2O2S. The van der Waals surface area contributed by atoms with Crippen LogP contribution in [0.3, 0.4) is 0 Å². The maximum absolute atomic E-state index is 12.9. The number of nitrogens with zero attached hydrogens (tertiary/aromatic N) is 2. The van der Waals surface area contributed by atoms with Crippen LogP contribution in [0.4, 0.5) is 0 Å². The Morgan fingerprint density at radius 3 is 1.93 bits per heavy atom. The number of aryl methyl sites for hydroxylation is 1. The van der Waals surface area contributed by atoms with Gasteiger partial charge in [-0.15, -0.1) is 4.40 Å². The number of sulfonamides is 1. The van der Waals surface area contributed by atoms with Crippen LogP contribution in [0.5, 0.6) is 0 Å². The molecule has 0 atom stereocenters. The highest BCUT2D eigenvalue weighted by atomic mass is 32.2. The molecule has 0 unspecified atom stereocenters. The molecule has 0 aliphatic heterocycles.